The molecule has 2 rings (SSSR count). The van der Waals surface area contributed by atoms with Gasteiger partial charge in [0.25, 0.3) is 0 Å². The van der Waals surface area contributed by atoms with Crippen LogP contribution in [0.2, 0.25) is 0 Å². The molecule has 0 aromatic heterocycles. The minimum absolute atomic E-state index is 0.354. The molecule has 1 aliphatic heterocycles. The van der Waals surface area contributed by atoms with Crippen molar-refractivity contribution >= 4 is 5.69 Å². The highest BCUT2D eigenvalue weighted by Crippen LogP contribution is 2.34. The van der Waals surface area contributed by atoms with Gasteiger partial charge in [-0.25, -0.2) is 0 Å². The zero-order chi connectivity index (χ0) is 12.5. The standard InChI is InChI=1S/C15H20N2/c1-12-6-4-7-13(10-16)14(12)17-9-5-8-15(2,3)11-17/h4,6-7H,5,8-9,11H2,1-3H3. The van der Waals surface area contributed by atoms with Gasteiger partial charge in [0.1, 0.15) is 6.07 Å². The molecule has 0 aliphatic carbocycles. The highest BCUT2D eigenvalue weighted by Gasteiger charge is 2.28. The topological polar surface area (TPSA) is 27.0 Å². The van der Waals surface area contributed by atoms with E-state index in [1.807, 2.05) is 12.1 Å². The van der Waals surface area contributed by atoms with E-state index in [0.29, 0.717) is 5.41 Å². The van der Waals surface area contributed by atoms with Crippen molar-refractivity contribution in [2.45, 2.75) is 33.6 Å². The van der Waals surface area contributed by atoms with Gasteiger partial charge < -0.3 is 4.90 Å². The van der Waals surface area contributed by atoms with Crippen molar-refractivity contribution < 1.29 is 0 Å². The maximum Gasteiger partial charge on any atom is 0.101 e. The molecular formula is C15H20N2. The molecule has 2 nitrogen and oxygen atoms in total. The Bertz CT molecular complexity index is 454. The zero-order valence-electron chi connectivity index (χ0n) is 11.0. The number of nitriles is 1. The molecule has 0 bridgehead atoms. The van der Waals surface area contributed by atoms with Crippen LogP contribution < -0.4 is 4.90 Å². The summed E-state index contributed by atoms with van der Waals surface area (Å²) in [5.41, 5.74) is 3.51. The monoisotopic (exact) mass is 228 g/mol. The molecule has 2 heteroatoms. The molecule has 0 atom stereocenters. The van der Waals surface area contributed by atoms with Crippen LogP contribution in [-0.2, 0) is 0 Å². The smallest absolute Gasteiger partial charge is 0.101 e. The van der Waals surface area contributed by atoms with Gasteiger partial charge in [0.05, 0.1) is 11.3 Å². The molecule has 0 N–H and O–H groups in total. The predicted molar refractivity (Wildman–Crippen MR) is 71.1 cm³/mol. The van der Waals surface area contributed by atoms with E-state index in [2.05, 4.69) is 37.8 Å². The van der Waals surface area contributed by atoms with Gasteiger partial charge in [0, 0.05) is 13.1 Å². The van der Waals surface area contributed by atoms with Crippen molar-refractivity contribution in [2.75, 3.05) is 18.0 Å². The molecule has 90 valence electrons. The summed E-state index contributed by atoms with van der Waals surface area (Å²) in [5, 5.41) is 9.23. The largest absolute Gasteiger partial charge is 0.370 e. The molecule has 0 amide bonds. The second kappa shape index (κ2) is 4.41. The van der Waals surface area contributed by atoms with Crippen LogP contribution in [0.4, 0.5) is 5.69 Å². The second-order valence-corrected chi connectivity index (χ2v) is 5.77. The van der Waals surface area contributed by atoms with Crippen LogP contribution in [0, 0.1) is 23.7 Å². The molecular weight excluding hydrogens is 208 g/mol. The third-order valence-electron chi connectivity index (χ3n) is 3.57. The maximum absolute atomic E-state index is 9.23. The number of para-hydroxylation sites is 1. The molecule has 0 unspecified atom stereocenters. The van der Waals surface area contributed by atoms with E-state index in [1.165, 1.54) is 18.4 Å². The van der Waals surface area contributed by atoms with Crippen LogP contribution in [0.25, 0.3) is 0 Å². The van der Waals surface area contributed by atoms with Crippen LogP contribution in [0.15, 0.2) is 18.2 Å². The molecule has 1 fully saturated rings. The molecule has 1 aromatic rings. The minimum atomic E-state index is 0.354. The van der Waals surface area contributed by atoms with Crippen molar-refractivity contribution in [1.82, 2.24) is 0 Å². The summed E-state index contributed by atoms with van der Waals surface area (Å²) >= 11 is 0. The minimum Gasteiger partial charge on any atom is -0.370 e. The number of hydrogen-bond donors (Lipinski definition) is 0. The van der Waals surface area contributed by atoms with Gasteiger partial charge >= 0.3 is 0 Å². The Morgan fingerprint density at radius 2 is 2.12 bits per heavy atom. The summed E-state index contributed by atoms with van der Waals surface area (Å²) in [4.78, 5) is 2.39. The Kier molecular flexibility index (Phi) is 3.11. The summed E-state index contributed by atoms with van der Waals surface area (Å²) in [6, 6.07) is 8.30. The Labute approximate surface area is 104 Å². The lowest BCUT2D eigenvalue weighted by molar-refractivity contribution is 0.293. The lowest BCUT2D eigenvalue weighted by Gasteiger charge is -2.40. The van der Waals surface area contributed by atoms with Gasteiger partial charge in [-0.1, -0.05) is 26.0 Å². The number of aryl methyl sites for hydroxylation is 1. The number of nitrogens with zero attached hydrogens (tertiary/aromatic N) is 2. The quantitative estimate of drug-likeness (QED) is 0.735. The molecule has 1 saturated heterocycles. The SMILES string of the molecule is Cc1cccc(C#N)c1N1CCCC(C)(C)C1. The lowest BCUT2D eigenvalue weighted by Crippen LogP contribution is -2.40. The van der Waals surface area contributed by atoms with Crippen LogP contribution in [-0.4, -0.2) is 13.1 Å². The molecule has 1 aliphatic rings. The second-order valence-electron chi connectivity index (χ2n) is 5.77. The van der Waals surface area contributed by atoms with Crippen molar-refractivity contribution in [3.63, 3.8) is 0 Å². The van der Waals surface area contributed by atoms with Gasteiger partial charge in [-0.05, 0) is 36.8 Å². The first-order valence-corrected chi connectivity index (χ1v) is 6.28. The van der Waals surface area contributed by atoms with E-state index in [-0.39, 0.29) is 0 Å². The highest BCUT2D eigenvalue weighted by molar-refractivity contribution is 5.64. The molecule has 0 saturated carbocycles. The third-order valence-corrected chi connectivity index (χ3v) is 3.57. The van der Waals surface area contributed by atoms with Gasteiger partial charge in [-0.2, -0.15) is 5.26 Å². The summed E-state index contributed by atoms with van der Waals surface area (Å²) < 4.78 is 0. The normalized spacial score (nSPS) is 18.8. The van der Waals surface area contributed by atoms with Crippen LogP contribution in [0.3, 0.4) is 0 Å². The van der Waals surface area contributed by atoms with E-state index in [0.717, 1.165) is 24.3 Å². The van der Waals surface area contributed by atoms with E-state index >= 15 is 0 Å². The summed E-state index contributed by atoms with van der Waals surface area (Å²) in [6.07, 6.45) is 2.49. The highest BCUT2D eigenvalue weighted by atomic mass is 15.1. The third kappa shape index (κ3) is 2.44. The molecule has 0 spiro atoms. The molecule has 1 heterocycles. The average Bonchev–Trinajstić information content (AvgIpc) is 2.27. The number of hydrogen-bond acceptors (Lipinski definition) is 2. The summed E-state index contributed by atoms with van der Waals surface area (Å²) in [7, 11) is 0. The van der Waals surface area contributed by atoms with E-state index < -0.39 is 0 Å². The van der Waals surface area contributed by atoms with E-state index in [4.69, 9.17) is 0 Å². The zero-order valence-corrected chi connectivity index (χ0v) is 11.0. The number of piperidine rings is 1. The number of rotatable bonds is 1. The lowest BCUT2D eigenvalue weighted by atomic mass is 9.83. The molecule has 1 aromatic carbocycles. The Morgan fingerprint density at radius 1 is 1.35 bits per heavy atom. The fraction of sp³-hybridized carbons (Fsp3) is 0.533. The van der Waals surface area contributed by atoms with Gasteiger partial charge in [0.2, 0.25) is 0 Å². The van der Waals surface area contributed by atoms with Gasteiger partial charge in [-0.15, -0.1) is 0 Å². The van der Waals surface area contributed by atoms with Crippen molar-refractivity contribution in [1.29, 1.82) is 5.26 Å². The van der Waals surface area contributed by atoms with E-state index in [1.54, 1.807) is 0 Å². The average molecular weight is 228 g/mol. The van der Waals surface area contributed by atoms with Crippen LogP contribution in [0.1, 0.15) is 37.8 Å². The maximum atomic E-state index is 9.23. The molecule has 17 heavy (non-hydrogen) atoms. The predicted octanol–water partition coefficient (Wildman–Crippen LogP) is 3.49. The number of anilines is 1. The molecule has 0 radical (unpaired) electrons. The van der Waals surface area contributed by atoms with Crippen molar-refractivity contribution in [3.05, 3.63) is 29.3 Å². The van der Waals surface area contributed by atoms with Crippen LogP contribution >= 0.6 is 0 Å². The van der Waals surface area contributed by atoms with Gasteiger partial charge in [0.15, 0.2) is 0 Å². The summed E-state index contributed by atoms with van der Waals surface area (Å²) in [6.45, 7) is 8.83. The fourth-order valence-electron chi connectivity index (χ4n) is 2.78. The van der Waals surface area contributed by atoms with E-state index in [9.17, 15) is 5.26 Å². The summed E-state index contributed by atoms with van der Waals surface area (Å²) in [5.74, 6) is 0. The Morgan fingerprint density at radius 3 is 2.76 bits per heavy atom. The first-order valence-electron chi connectivity index (χ1n) is 6.28. The Balaban J connectivity index is 2.37. The van der Waals surface area contributed by atoms with Crippen molar-refractivity contribution in [3.8, 4) is 6.07 Å². The first kappa shape index (κ1) is 12.0. The van der Waals surface area contributed by atoms with Crippen LogP contribution in [0.5, 0.6) is 0 Å². The van der Waals surface area contributed by atoms with Crippen molar-refractivity contribution in [2.24, 2.45) is 5.41 Å². The first-order chi connectivity index (χ1) is 8.03. The Hall–Kier alpha value is -1.49. The van der Waals surface area contributed by atoms with Gasteiger partial charge in [-0.3, -0.25) is 0 Å². The fourth-order valence-corrected chi connectivity index (χ4v) is 2.78. The number of benzene rings is 1.